The highest BCUT2D eigenvalue weighted by Crippen LogP contribution is 2.21. The molecule has 0 amide bonds. The minimum Gasteiger partial charge on any atom is -0.329 e. The molecule has 2 heterocycles. The first-order chi connectivity index (χ1) is 8.33. The summed E-state index contributed by atoms with van der Waals surface area (Å²) < 4.78 is 0. The summed E-state index contributed by atoms with van der Waals surface area (Å²) in [5.41, 5.74) is 2.75. The molecule has 0 fully saturated rings. The highest BCUT2D eigenvalue weighted by atomic mass is 16.1. The van der Waals surface area contributed by atoms with Gasteiger partial charge in [-0.25, -0.2) is 0 Å². The van der Waals surface area contributed by atoms with Gasteiger partial charge in [-0.15, -0.1) is 0 Å². The van der Waals surface area contributed by atoms with E-state index in [-0.39, 0.29) is 5.56 Å². The van der Waals surface area contributed by atoms with Crippen molar-refractivity contribution in [3.05, 3.63) is 65.2 Å². The Labute approximate surface area is 97.8 Å². The van der Waals surface area contributed by atoms with Crippen molar-refractivity contribution < 1.29 is 0 Å². The topological polar surface area (TPSA) is 45.8 Å². The summed E-state index contributed by atoms with van der Waals surface area (Å²) in [6.45, 7) is 0. The van der Waals surface area contributed by atoms with E-state index in [4.69, 9.17) is 0 Å². The number of hydrogen-bond donors (Lipinski definition) is 1. The molecular weight excluding hydrogens is 212 g/mol. The monoisotopic (exact) mass is 222 g/mol. The first-order valence-corrected chi connectivity index (χ1v) is 5.37. The van der Waals surface area contributed by atoms with E-state index in [9.17, 15) is 4.79 Å². The third kappa shape index (κ3) is 1.83. The van der Waals surface area contributed by atoms with Gasteiger partial charge >= 0.3 is 0 Å². The van der Waals surface area contributed by atoms with E-state index in [1.54, 1.807) is 18.5 Å². The summed E-state index contributed by atoms with van der Waals surface area (Å²) in [6.07, 6.45) is 3.42. The quantitative estimate of drug-likeness (QED) is 0.687. The highest BCUT2D eigenvalue weighted by Gasteiger charge is 2.00. The smallest absolute Gasteiger partial charge is 0.248 e. The average Bonchev–Trinajstić information content (AvgIpc) is 2.38. The third-order valence-corrected chi connectivity index (χ3v) is 2.71. The van der Waals surface area contributed by atoms with E-state index >= 15 is 0 Å². The fourth-order valence-electron chi connectivity index (χ4n) is 1.87. The summed E-state index contributed by atoms with van der Waals surface area (Å²) in [6, 6.07) is 13.4. The highest BCUT2D eigenvalue weighted by molar-refractivity contribution is 5.83. The Morgan fingerprint density at radius 1 is 1.00 bits per heavy atom. The van der Waals surface area contributed by atoms with Crippen LogP contribution in [0.1, 0.15) is 0 Å². The van der Waals surface area contributed by atoms with Crippen molar-refractivity contribution >= 4 is 10.9 Å². The van der Waals surface area contributed by atoms with Gasteiger partial charge in [0.15, 0.2) is 0 Å². The molecule has 82 valence electrons. The van der Waals surface area contributed by atoms with Gasteiger partial charge < -0.3 is 4.98 Å². The number of rotatable bonds is 1. The Kier molecular flexibility index (Phi) is 2.22. The van der Waals surface area contributed by atoms with Gasteiger partial charge in [-0.2, -0.15) is 0 Å². The minimum atomic E-state index is -0.0939. The maximum absolute atomic E-state index is 11.3. The maximum atomic E-state index is 11.3. The van der Waals surface area contributed by atoms with Crippen LogP contribution in [0.5, 0.6) is 0 Å². The zero-order valence-corrected chi connectivity index (χ0v) is 9.05. The van der Waals surface area contributed by atoms with Gasteiger partial charge in [-0.3, -0.25) is 9.78 Å². The second kappa shape index (κ2) is 3.87. The molecule has 17 heavy (non-hydrogen) atoms. The van der Waals surface area contributed by atoms with Crippen LogP contribution in [0.2, 0.25) is 0 Å². The Bertz CT molecular complexity index is 731. The van der Waals surface area contributed by atoms with E-state index in [1.165, 1.54) is 0 Å². The van der Waals surface area contributed by atoms with Gasteiger partial charge in [-0.1, -0.05) is 18.2 Å². The lowest BCUT2D eigenvalue weighted by atomic mass is 10.1. The fraction of sp³-hybridized carbons (Fsp3) is 0. The summed E-state index contributed by atoms with van der Waals surface area (Å²) in [5.74, 6) is 0. The van der Waals surface area contributed by atoms with Crippen molar-refractivity contribution in [1.29, 1.82) is 0 Å². The number of pyridine rings is 2. The molecule has 0 bridgehead atoms. The van der Waals surface area contributed by atoms with Gasteiger partial charge in [0.1, 0.15) is 0 Å². The molecule has 0 aliphatic rings. The number of hydrogen-bond acceptors (Lipinski definition) is 2. The molecule has 2 aromatic heterocycles. The van der Waals surface area contributed by atoms with Gasteiger partial charge in [-0.05, 0) is 29.3 Å². The summed E-state index contributed by atoms with van der Waals surface area (Å²) >= 11 is 0. The third-order valence-electron chi connectivity index (χ3n) is 2.71. The largest absolute Gasteiger partial charge is 0.329 e. The Hall–Kier alpha value is -2.42. The molecule has 3 aromatic rings. The Balaban J connectivity index is 2.21. The van der Waals surface area contributed by atoms with Crippen LogP contribution in [-0.4, -0.2) is 9.97 Å². The van der Waals surface area contributed by atoms with Crippen LogP contribution >= 0.6 is 0 Å². The molecule has 1 N–H and O–H groups in total. The van der Waals surface area contributed by atoms with Gasteiger partial charge in [0.25, 0.3) is 0 Å². The molecule has 0 radical (unpaired) electrons. The molecule has 0 aliphatic carbocycles. The second-order valence-corrected chi connectivity index (χ2v) is 3.85. The lowest BCUT2D eigenvalue weighted by molar-refractivity contribution is 1.24. The minimum absolute atomic E-state index is 0.0939. The summed E-state index contributed by atoms with van der Waals surface area (Å²) in [7, 11) is 0. The van der Waals surface area contributed by atoms with E-state index in [0.29, 0.717) is 0 Å². The molecule has 0 spiro atoms. The molecular formula is C14H10N2O. The number of aromatic amines is 1. The Morgan fingerprint density at radius 2 is 1.88 bits per heavy atom. The molecule has 3 rings (SSSR count). The number of H-pyrrole nitrogens is 1. The van der Waals surface area contributed by atoms with Crippen LogP contribution in [0.3, 0.4) is 0 Å². The van der Waals surface area contributed by atoms with Gasteiger partial charge in [0.2, 0.25) is 5.56 Å². The van der Waals surface area contributed by atoms with Crippen molar-refractivity contribution in [2.45, 2.75) is 0 Å². The molecule has 1 aromatic carbocycles. The normalized spacial score (nSPS) is 10.6. The first kappa shape index (κ1) is 9.78. The van der Waals surface area contributed by atoms with Crippen LogP contribution < -0.4 is 5.56 Å². The average molecular weight is 222 g/mol. The zero-order chi connectivity index (χ0) is 11.7. The fourth-order valence-corrected chi connectivity index (χ4v) is 1.87. The molecule has 0 saturated carbocycles. The summed E-state index contributed by atoms with van der Waals surface area (Å²) in [5, 5.41) is 1.10. The van der Waals surface area contributed by atoms with Gasteiger partial charge in [0, 0.05) is 23.8 Å². The number of fused-ring (bicyclic) bond motifs is 1. The van der Waals surface area contributed by atoms with Crippen molar-refractivity contribution in [1.82, 2.24) is 9.97 Å². The zero-order valence-electron chi connectivity index (χ0n) is 9.05. The van der Waals surface area contributed by atoms with Gasteiger partial charge in [0.05, 0.1) is 5.52 Å². The first-order valence-electron chi connectivity index (χ1n) is 5.37. The lowest BCUT2D eigenvalue weighted by Crippen LogP contribution is -2.01. The van der Waals surface area contributed by atoms with Crippen LogP contribution in [0, 0.1) is 0 Å². The maximum Gasteiger partial charge on any atom is 0.248 e. The SMILES string of the molecule is O=c1cc(-c2ccc3cccnc3c2)cc[nH]1. The second-order valence-electron chi connectivity index (χ2n) is 3.85. The van der Waals surface area contributed by atoms with Crippen LogP contribution in [0.4, 0.5) is 0 Å². The molecule has 3 heteroatoms. The van der Waals surface area contributed by atoms with E-state index in [1.807, 2.05) is 36.4 Å². The summed E-state index contributed by atoms with van der Waals surface area (Å²) in [4.78, 5) is 18.2. The van der Waals surface area contributed by atoms with Crippen molar-refractivity contribution in [2.24, 2.45) is 0 Å². The molecule has 0 aliphatic heterocycles. The van der Waals surface area contributed by atoms with Crippen LogP contribution in [0.25, 0.3) is 22.0 Å². The molecule has 3 nitrogen and oxygen atoms in total. The van der Waals surface area contributed by atoms with E-state index < -0.39 is 0 Å². The molecule has 0 unspecified atom stereocenters. The standard InChI is InChI=1S/C14H10N2O/c17-14-9-12(5-7-16-14)11-4-3-10-2-1-6-15-13(10)8-11/h1-9H,(H,16,17). The number of aromatic nitrogens is 2. The number of nitrogens with zero attached hydrogens (tertiary/aromatic N) is 1. The van der Waals surface area contributed by atoms with Crippen LogP contribution in [0.15, 0.2) is 59.7 Å². The van der Waals surface area contributed by atoms with E-state index in [0.717, 1.165) is 22.0 Å². The Morgan fingerprint density at radius 3 is 2.76 bits per heavy atom. The van der Waals surface area contributed by atoms with Crippen LogP contribution in [-0.2, 0) is 0 Å². The predicted octanol–water partition coefficient (Wildman–Crippen LogP) is 2.59. The number of nitrogens with one attached hydrogen (secondary N) is 1. The van der Waals surface area contributed by atoms with Crippen molar-refractivity contribution in [2.75, 3.05) is 0 Å². The molecule has 0 saturated heterocycles. The molecule has 0 atom stereocenters. The van der Waals surface area contributed by atoms with E-state index in [2.05, 4.69) is 9.97 Å². The lowest BCUT2D eigenvalue weighted by Gasteiger charge is -2.02. The number of benzene rings is 1. The predicted molar refractivity (Wildman–Crippen MR) is 67.8 cm³/mol. The van der Waals surface area contributed by atoms with Crippen molar-refractivity contribution in [3.63, 3.8) is 0 Å². The van der Waals surface area contributed by atoms with Crippen molar-refractivity contribution in [3.8, 4) is 11.1 Å².